The Morgan fingerprint density at radius 1 is 1.00 bits per heavy atom. The van der Waals surface area contributed by atoms with Gasteiger partial charge in [-0.2, -0.15) is 0 Å². The molecule has 0 spiro atoms. The molecule has 0 aliphatic heterocycles. The fraction of sp³-hybridized carbons (Fsp3) is 0.0625. The number of hydrogen-bond acceptors (Lipinski definition) is 4. The third-order valence-corrected chi connectivity index (χ3v) is 3.21. The van der Waals surface area contributed by atoms with Crippen LogP contribution in [0, 0.1) is 0 Å². The van der Waals surface area contributed by atoms with Gasteiger partial charge in [-0.1, -0.05) is 18.2 Å². The van der Waals surface area contributed by atoms with Crippen LogP contribution in [0.2, 0.25) is 0 Å². The lowest BCUT2D eigenvalue weighted by atomic mass is 10.1. The molecule has 3 rings (SSSR count). The number of ketones is 1. The van der Waals surface area contributed by atoms with Crippen LogP contribution >= 0.6 is 0 Å². The van der Waals surface area contributed by atoms with E-state index in [4.69, 9.17) is 4.42 Å². The van der Waals surface area contributed by atoms with Crippen LogP contribution in [0.4, 0.5) is 0 Å². The lowest BCUT2D eigenvalue weighted by Crippen LogP contribution is -2.23. The fourth-order valence-electron chi connectivity index (χ4n) is 2.14. The highest BCUT2D eigenvalue weighted by Crippen LogP contribution is 2.17. The molecule has 0 saturated heterocycles. The zero-order chi connectivity index (χ0) is 15.0. The Kier molecular flexibility index (Phi) is 3.02. The quantitative estimate of drug-likeness (QED) is 0.677. The van der Waals surface area contributed by atoms with Crippen molar-refractivity contribution in [2.45, 2.75) is 6.92 Å². The van der Waals surface area contributed by atoms with E-state index in [0.717, 1.165) is 4.57 Å². The van der Waals surface area contributed by atoms with E-state index in [1.807, 2.05) is 0 Å². The minimum absolute atomic E-state index is 0.137. The van der Waals surface area contributed by atoms with Gasteiger partial charge in [0.05, 0.1) is 5.52 Å². The van der Waals surface area contributed by atoms with Crippen LogP contribution in [0.25, 0.3) is 11.1 Å². The van der Waals surface area contributed by atoms with Gasteiger partial charge in [-0.3, -0.25) is 9.59 Å². The predicted molar refractivity (Wildman–Crippen MR) is 76.6 cm³/mol. The number of Topliss-reactive ketones (excluding diaryl/α,β-unsaturated/α-hetero) is 1. The second-order valence-corrected chi connectivity index (χ2v) is 4.61. The van der Waals surface area contributed by atoms with Crippen LogP contribution in [0.3, 0.4) is 0 Å². The van der Waals surface area contributed by atoms with Gasteiger partial charge in [0.2, 0.25) is 0 Å². The summed E-state index contributed by atoms with van der Waals surface area (Å²) >= 11 is 0. The molecule has 0 unspecified atom stereocenters. The molecule has 0 radical (unpaired) electrons. The van der Waals surface area contributed by atoms with Crippen LogP contribution in [-0.2, 0) is 0 Å². The number of hydrogen-bond donors (Lipinski definition) is 0. The molecule has 3 aromatic rings. The molecule has 2 aromatic carbocycles. The minimum Gasteiger partial charge on any atom is -0.407 e. The first-order chi connectivity index (χ1) is 10.1. The Bertz CT molecular complexity index is 903. The summed E-state index contributed by atoms with van der Waals surface area (Å²) in [6, 6.07) is 13.0. The zero-order valence-corrected chi connectivity index (χ0v) is 11.2. The van der Waals surface area contributed by atoms with Gasteiger partial charge < -0.3 is 4.42 Å². The van der Waals surface area contributed by atoms with Crippen LogP contribution in [0.1, 0.15) is 27.6 Å². The van der Waals surface area contributed by atoms with Crippen molar-refractivity contribution in [2.75, 3.05) is 0 Å². The van der Waals surface area contributed by atoms with Crippen LogP contribution in [0.5, 0.6) is 0 Å². The van der Waals surface area contributed by atoms with Gasteiger partial charge in [0.25, 0.3) is 5.91 Å². The predicted octanol–water partition coefficient (Wildman–Crippen LogP) is 2.49. The van der Waals surface area contributed by atoms with Crippen molar-refractivity contribution in [3.05, 3.63) is 70.2 Å². The van der Waals surface area contributed by atoms with Gasteiger partial charge in [0.15, 0.2) is 11.4 Å². The number of fused-ring (bicyclic) bond motifs is 1. The summed E-state index contributed by atoms with van der Waals surface area (Å²) in [4.78, 5) is 35.7. The molecule has 0 aliphatic carbocycles. The molecule has 0 amide bonds. The molecule has 5 nitrogen and oxygen atoms in total. The SMILES string of the molecule is CC(=O)c1ccc2c(c1)oc(=O)n2C(=O)c1ccccc1. The molecule has 104 valence electrons. The highest BCUT2D eigenvalue weighted by Gasteiger charge is 2.18. The summed E-state index contributed by atoms with van der Waals surface area (Å²) < 4.78 is 6.03. The number of carbonyl (C=O) groups is 2. The summed E-state index contributed by atoms with van der Waals surface area (Å²) in [5, 5.41) is 0. The maximum absolute atomic E-state index is 12.4. The molecule has 1 heterocycles. The molecular weight excluding hydrogens is 270 g/mol. The molecule has 0 N–H and O–H groups in total. The number of rotatable bonds is 2. The number of nitrogens with zero attached hydrogens (tertiary/aromatic N) is 1. The van der Waals surface area contributed by atoms with E-state index in [2.05, 4.69) is 0 Å². The highest BCUT2D eigenvalue weighted by atomic mass is 16.4. The molecular formula is C16H11NO4. The number of aromatic nitrogens is 1. The van der Waals surface area contributed by atoms with Crippen molar-refractivity contribution in [1.29, 1.82) is 0 Å². The monoisotopic (exact) mass is 281 g/mol. The summed E-state index contributed by atoms with van der Waals surface area (Å²) in [5.74, 6) is -1.36. The molecule has 0 saturated carbocycles. The molecule has 0 fully saturated rings. The Balaban J connectivity index is 2.20. The van der Waals surface area contributed by atoms with E-state index in [9.17, 15) is 14.4 Å². The van der Waals surface area contributed by atoms with E-state index in [1.165, 1.54) is 19.1 Å². The average Bonchev–Trinajstić information content (AvgIpc) is 2.82. The lowest BCUT2D eigenvalue weighted by Gasteiger charge is -2.01. The maximum atomic E-state index is 12.4. The van der Waals surface area contributed by atoms with Crippen molar-refractivity contribution < 1.29 is 14.0 Å². The second kappa shape index (κ2) is 4.86. The van der Waals surface area contributed by atoms with E-state index < -0.39 is 11.7 Å². The number of benzene rings is 2. The van der Waals surface area contributed by atoms with Gasteiger partial charge in [-0.15, -0.1) is 0 Å². The normalized spacial score (nSPS) is 10.7. The number of oxazole rings is 1. The Morgan fingerprint density at radius 2 is 1.71 bits per heavy atom. The first kappa shape index (κ1) is 13.1. The van der Waals surface area contributed by atoms with Gasteiger partial charge in [0, 0.05) is 11.1 Å². The van der Waals surface area contributed by atoms with Gasteiger partial charge in [0.1, 0.15) is 0 Å². The minimum atomic E-state index is -0.764. The third kappa shape index (κ3) is 2.18. The van der Waals surface area contributed by atoms with Crippen molar-refractivity contribution in [1.82, 2.24) is 4.57 Å². The van der Waals surface area contributed by atoms with E-state index in [1.54, 1.807) is 36.4 Å². The average molecular weight is 281 g/mol. The fourth-order valence-corrected chi connectivity index (χ4v) is 2.14. The zero-order valence-electron chi connectivity index (χ0n) is 11.2. The summed E-state index contributed by atoms with van der Waals surface area (Å²) in [7, 11) is 0. The van der Waals surface area contributed by atoms with Gasteiger partial charge >= 0.3 is 5.76 Å². The molecule has 5 heteroatoms. The standard InChI is InChI=1S/C16H11NO4/c1-10(18)12-7-8-13-14(9-12)21-16(20)17(13)15(19)11-5-3-2-4-6-11/h2-9H,1H3. The number of carbonyl (C=O) groups excluding carboxylic acids is 2. The Hall–Kier alpha value is -2.95. The highest BCUT2D eigenvalue weighted by molar-refractivity contribution is 6.02. The Labute approximate surface area is 119 Å². The van der Waals surface area contributed by atoms with Gasteiger partial charge in [-0.25, -0.2) is 9.36 Å². The lowest BCUT2D eigenvalue weighted by molar-refractivity contribution is 0.0955. The summed E-state index contributed by atoms with van der Waals surface area (Å²) in [6.07, 6.45) is 0. The second-order valence-electron chi connectivity index (χ2n) is 4.61. The van der Waals surface area contributed by atoms with E-state index >= 15 is 0 Å². The van der Waals surface area contributed by atoms with Crippen molar-refractivity contribution >= 4 is 22.8 Å². The summed E-state index contributed by atoms with van der Waals surface area (Å²) in [6.45, 7) is 1.42. The molecule has 0 atom stereocenters. The maximum Gasteiger partial charge on any atom is 0.427 e. The first-order valence-electron chi connectivity index (χ1n) is 6.34. The molecule has 21 heavy (non-hydrogen) atoms. The molecule has 1 aromatic heterocycles. The molecule has 0 bridgehead atoms. The summed E-state index contributed by atoms with van der Waals surface area (Å²) in [5.41, 5.74) is 1.38. The smallest absolute Gasteiger partial charge is 0.407 e. The van der Waals surface area contributed by atoms with Crippen molar-refractivity contribution in [3.8, 4) is 0 Å². The topological polar surface area (TPSA) is 69.3 Å². The van der Waals surface area contributed by atoms with Crippen LogP contribution < -0.4 is 5.76 Å². The van der Waals surface area contributed by atoms with Crippen molar-refractivity contribution in [3.63, 3.8) is 0 Å². The largest absolute Gasteiger partial charge is 0.427 e. The van der Waals surface area contributed by atoms with E-state index in [0.29, 0.717) is 16.6 Å². The van der Waals surface area contributed by atoms with Crippen LogP contribution in [-0.4, -0.2) is 16.3 Å². The molecule has 0 aliphatic rings. The van der Waals surface area contributed by atoms with Crippen molar-refractivity contribution in [2.24, 2.45) is 0 Å². The third-order valence-electron chi connectivity index (χ3n) is 3.21. The Morgan fingerprint density at radius 3 is 2.38 bits per heavy atom. The van der Waals surface area contributed by atoms with Crippen LogP contribution in [0.15, 0.2) is 57.7 Å². The van der Waals surface area contributed by atoms with Gasteiger partial charge in [-0.05, 0) is 37.3 Å². The van der Waals surface area contributed by atoms with E-state index in [-0.39, 0.29) is 11.4 Å². The first-order valence-corrected chi connectivity index (χ1v) is 6.34.